The number of nitrogens with zero attached hydrogens (tertiary/aromatic N) is 2. The van der Waals surface area contributed by atoms with Gasteiger partial charge in [-0.25, -0.2) is 0 Å². The van der Waals surface area contributed by atoms with Gasteiger partial charge in [-0.2, -0.15) is 4.98 Å². The number of rotatable bonds is 2. The Kier molecular flexibility index (Phi) is 2.20. The summed E-state index contributed by atoms with van der Waals surface area (Å²) in [5.41, 5.74) is 5.58. The van der Waals surface area contributed by atoms with Crippen LogP contribution in [0, 0.1) is 0 Å². The molecule has 1 aromatic heterocycles. The fourth-order valence-electron chi connectivity index (χ4n) is 1.37. The van der Waals surface area contributed by atoms with Gasteiger partial charge < -0.3 is 15.6 Å². The molecule has 0 bridgehead atoms. The van der Waals surface area contributed by atoms with Crippen molar-refractivity contribution in [3.63, 3.8) is 0 Å². The second-order valence-electron chi connectivity index (χ2n) is 3.44. The highest BCUT2D eigenvalue weighted by molar-refractivity contribution is 5.78. The summed E-state index contributed by atoms with van der Waals surface area (Å²) in [5, 5.41) is 6.47. The first kappa shape index (κ1) is 9.14. The molecule has 6 nitrogen and oxygen atoms in total. The van der Waals surface area contributed by atoms with Crippen molar-refractivity contribution in [3.8, 4) is 0 Å². The maximum atomic E-state index is 10.9. The molecule has 0 aromatic carbocycles. The van der Waals surface area contributed by atoms with Gasteiger partial charge in [-0.05, 0) is 13.3 Å². The average Bonchev–Trinajstić information content (AvgIpc) is 2.70. The van der Waals surface area contributed by atoms with Gasteiger partial charge in [-0.3, -0.25) is 4.79 Å². The minimum absolute atomic E-state index is 0.0237. The van der Waals surface area contributed by atoms with Gasteiger partial charge in [0.1, 0.15) is 6.04 Å². The van der Waals surface area contributed by atoms with Gasteiger partial charge in [-0.1, -0.05) is 5.16 Å². The van der Waals surface area contributed by atoms with E-state index < -0.39 is 0 Å². The molecule has 14 heavy (non-hydrogen) atoms. The number of amides is 1. The van der Waals surface area contributed by atoms with E-state index in [4.69, 9.17) is 10.3 Å². The van der Waals surface area contributed by atoms with Gasteiger partial charge in [0.15, 0.2) is 5.82 Å². The molecule has 6 heteroatoms. The number of carbonyl (C=O) groups excluding carboxylic acids is 1. The van der Waals surface area contributed by atoms with Crippen LogP contribution in [-0.2, 0) is 4.79 Å². The number of hydrogen-bond donors (Lipinski definition) is 2. The Morgan fingerprint density at radius 2 is 2.50 bits per heavy atom. The third-order valence-electron chi connectivity index (χ3n) is 2.16. The highest BCUT2D eigenvalue weighted by Gasteiger charge is 2.27. The van der Waals surface area contributed by atoms with Gasteiger partial charge >= 0.3 is 0 Å². The second kappa shape index (κ2) is 3.38. The number of nitrogens with one attached hydrogen (secondary N) is 1. The average molecular weight is 196 g/mol. The third kappa shape index (κ3) is 1.60. The highest BCUT2D eigenvalue weighted by Crippen LogP contribution is 2.22. The van der Waals surface area contributed by atoms with E-state index in [2.05, 4.69) is 15.5 Å². The van der Waals surface area contributed by atoms with E-state index in [0.717, 1.165) is 0 Å². The Labute approximate surface area is 80.9 Å². The zero-order chi connectivity index (χ0) is 10.1. The molecule has 0 saturated carbocycles. The fourth-order valence-corrected chi connectivity index (χ4v) is 1.37. The summed E-state index contributed by atoms with van der Waals surface area (Å²) >= 11 is 0. The van der Waals surface area contributed by atoms with Crippen molar-refractivity contribution < 1.29 is 9.32 Å². The summed E-state index contributed by atoms with van der Waals surface area (Å²) < 4.78 is 5.00. The lowest BCUT2D eigenvalue weighted by molar-refractivity contribution is -0.119. The minimum Gasteiger partial charge on any atom is -0.344 e. The quantitative estimate of drug-likeness (QED) is 0.696. The Bertz CT molecular complexity index is 347. The fraction of sp³-hybridized carbons (Fsp3) is 0.625. The van der Waals surface area contributed by atoms with Crippen LogP contribution in [0.4, 0.5) is 0 Å². The van der Waals surface area contributed by atoms with Gasteiger partial charge in [0.2, 0.25) is 11.8 Å². The summed E-state index contributed by atoms with van der Waals surface area (Å²) in [6, 6.07) is -0.382. The third-order valence-corrected chi connectivity index (χ3v) is 2.16. The zero-order valence-corrected chi connectivity index (χ0v) is 7.86. The van der Waals surface area contributed by atoms with Crippen molar-refractivity contribution in [1.29, 1.82) is 0 Å². The van der Waals surface area contributed by atoms with Gasteiger partial charge in [0, 0.05) is 6.42 Å². The van der Waals surface area contributed by atoms with Crippen LogP contribution in [0.25, 0.3) is 0 Å². The van der Waals surface area contributed by atoms with Crippen LogP contribution in [0.5, 0.6) is 0 Å². The first-order chi connectivity index (χ1) is 6.66. The lowest BCUT2D eigenvalue weighted by Crippen LogP contribution is -2.18. The molecule has 1 unspecified atom stereocenters. The Balaban J connectivity index is 2.13. The highest BCUT2D eigenvalue weighted by atomic mass is 16.5. The topological polar surface area (TPSA) is 94.0 Å². The molecule has 76 valence electrons. The maximum Gasteiger partial charge on any atom is 0.249 e. The predicted octanol–water partition coefficient (Wildman–Crippen LogP) is 0.0404. The number of nitrogens with two attached hydrogens (primary N) is 1. The molecule has 1 aliphatic rings. The Morgan fingerprint density at radius 3 is 3.00 bits per heavy atom. The smallest absolute Gasteiger partial charge is 0.249 e. The van der Waals surface area contributed by atoms with Crippen molar-refractivity contribution in [2.75, 3.05) is 0 Å². The maximum absolute atomic E-state index is 10.9. The SMILES string of the molecule is CC(N)c1noc([C@H]2CCC(=O)N2)n1. The van der Waals surface area contributed by atoms with Crippen molar-refractivity contribution in [2.45, 2.75) is 31.8 Å². The number of aromatic nitrogens is 2. The summed E-state index contributed by atoms with van der Waals surface area (Å²) in [5.74, 6) is 0.944. The zero-order valence-electron chi connectivity index (χ0n) is 7.86. The van der Waals surface area contributed by atoms with Gasteiger partial charge in [0.05, 0.1) is 6.04 Å². The summed E-state index contributed by atoms with van der Waals surface area (Å²) in [6.07, 6.45) is 1.22. The molecule has 0 radical (unpaired) electrons. The molecule has 2 atom stereocenters. The molecule has 1 saturated heterocycles. The Hall–Kier alpha value is -1.43. The van der Waals surface area contributed by atoms with Gasteiger partial charge in [0.25, 0.3) is 0 Å². The van der Waals surface area contributed by atoms with Crippen molar-refractivity contribution in [1.82, 2.24) is 15.5 Å². The van der Waals surface area contributed by atoms with Crippen molar-refractivity contribution >= 4 is 5.91 Å². The molecule has 1 fully saturated rings. The summed E-state index contributed by atoms with van der Waals surface area (Å²) in [4.78, 5) is 15.1. The van der Waals surface area contributed by atoms with Crippen LogP contribution in [0.1, 0.15) is 43.6 Å². The monoisotopic (exact) mass is 196 g/mol. The van der Waals surface area contributed by atoms with Gasteiger partial charge in [-0.15, -0.1) is 0 Å². The second-order valence-corrected chi connectivity index (χ2v) is 3.44. The molecule has 0 aliphatic carbocycles. The van der Waals surface area contributed by atoms with Crippen molar-refractivity contribution in [3.05, 3.63) is 11.7 Å². The van der Waals surface area contributed by atoms with Crippen molar-refractivity contribution in [2.24, 2.45) is 5.73 Å². The molecular weight excluding hydrogens is 184 g/mol. The lowest BCUT2D eigenvalue weighted by Gasteiger charge is -2.01. The van der Waals surface area contributed by atoms with E-state index in [9.17, 15) is 4.79 Å². The van der Waals surface area contributed by atoms with Crippen LogP contribution >= 0.6 is 0 Å². The molecular formula is C8H12N4O2. The molecule has 1 aliphatic heterocycles. The normalized spacial score (nSPS) is 23.6. The van der Waals surface area contributed by atoms with E-state index in [1.54, 1.807) is 6.92 Å². The number of hydrogen-bond acceptors (Lipinski definition) is 5. The first-order valence-electron chi connectivity index (χ1n) is 4.55. The molecule has 0 spiro atoms. The number of carbonyl (C=O) groups is 1. The van der Waals surface area contributed by atoms with E-state index in [1.807, 2.05) is 0 Å². The van der Waals surface area contributed by atoms with E-state index in [0.29, 0.717) is 24.6 Å². The van der Waals surface area contributed by atoms with E-state index in [1.165, 1.54) is 0 Å². The largest absolute Gasteiger partial charge is 0.344 e. The van der Waals surface area contributed by atoms with Crippen LogP contribution in [0.15, 0.2) is 4.52 Å². The standard InChI is InChI=1S/C8H12N4O2/c1-4(9)7-11-8(14-12-7)5-2-3-6(13)10-5/h4-5H,2-3,9H2,1H3,(H,10,13)/t4?,5-/m1/s1. The first-order valence-corrected chi connectivity index (χ1v) is 4.55. The van der Waals surface area contributed by atoms with Crippen LogP contribution in [0.3, 0.4) is 0 Å². The molecule has 2 heterocycles. The molecule has 3 N–H and O–H groups in total. The molecule has 2 rings (SSSR count). The minimum atomic E-state index is -0.246. The van der Waals surface area contributed by atoms with E-state index >= 15 is 0 Å². The van der Waals surface area contributed by atoms with E-state index in [-0.39, 0.29) is 18.0 Å². The summed E-state index contributed by atoms with van der Waals surface area (Å²) in [6.45, 7) is 1.78. The predicted molar refractivity (Wildman–Crippen MR) is 47.0 cm³/mol. The Morgan fingerprint density at radius 1 is 1.71 bits per heavy atom. The molecule has 1 amide bonds. The summed E-state index contributed by atoms with van der Waals surface area (Å²) in [7, 11) is 0. The lowest BCUT2D eigenvalue weighted by atomic mass is 10.2. The van der Waals surface area contributed by atoms with Crippen LogP contribution < -0.4 is 11.1 Å². The van der Waals surface area contributed by atoms with Crippen LogP contribution in [-0.4, -0.2) is 16.0 Å². The van der Waals surface area contributed by atoms with Crippen LogP contribution in [0.2, 0.25) is 0 Å². The molecule has 1 aromatic rings.